The molecule has 10 rings (SSSR count). The highest BCUT2D eigenvalue weighted by Crippen LogP contribution is 2.52. The van der Waals surface area contributed by atoms with Crippen LogP contribution >= 0.6 is 0 Å². The first-order chi connectivity index (χ1) is 34.6. The summed E-state index contributed by atoms with van der Waals surface area (Å²) in [5, 5.41) is 1.99. The van der Waals surface area contributed by atoms with Gasteiger partial charge in [-0.3, -0.25) is 0 Å². The lowest BCUT2D eigenvalue weighted by molar-refractivity contribution is 0.662. The van der Waals surface area contributed by atoms with E-state index >= 15 is 0 Å². The highest BCUT2D eigenvalue weighted by Gasteiger charge is 2.37. The van der Waals surface area contributed by atoms with Gasteiger partial charge < -0.3 is 4.90 Å². The van der Waals surface area contributed by atoms with Gasteiger partial charge in [0.2, 0.25) is 0 Å². The summed E-state index contributed by atoms with van der Waals surface area (Å²) in [5.74, 6) is 0. The molecule has 0 amide bonds. The molecular weight excluding hydrogens is 675 g/mol. The van der Waals surface area contributed by atoms with Gasteiger partial charge in [0, 0.05) is 22.5 Å². The summed E-state index contributed by atoms with van der Waals surface area (Å²) in [6.45, 7) is 3.99. The van der Waals surface area contributed by atoms with Crippen molar-refractivity contribution < 1.29 is 23.3 Å². The van der Waals surface area contributed by atoms with Gasteiger partial charge in [-0.1, -0.05) is 177 Å². The molecule has 0 saturated carbocycles. The fourth-order valence-corrected chi connectivity index (χ4v) is 7.65. The fourth-order valence-electron chi connectivity index (χ4n) is 7.65. The predicted molar refractivity (Wildman–Crippen MR) is 238 cm³/mol. The molecule has 9 aromatic rings. The molecule has 56 heavy (non-hydrogen) atoms. The van der Waals surface area contributed by atoms with Crippen LogP contribution in [0.5, 0.6) is 0 Å². The van der Waals surface area contributed by atoms with Crippen LogP contribution in [-0.4, -0.2) is 0 Å². The third-order valence-corrected chi connectivity index (χ3v) is 10.3. The van der Waals surface area contributed by atoms with E-state index in [4.69, 9.17) is 6.85 Å². The Morgan fingerprint density at radius 3 is 1.57 bits per heavy atom. The second-order valence-electron chi connectivity index (χ2n) is 14.0. The first-order valence-electron chi connectivity index (χ1n) is 26.6. The Balaban J connectivity index is 1.25. The number of anilines is 3. The Hall–Kier alpha value is -6.96. The molecule has 0 aromatic heterocycles. The first-order valence-corrected chi connectivity index (χ1v) is 18.1. The van der Waals surface area contributed by atoms with Crippen molar-refractivity contribution in [3.8, 4) is 55.6 Å². The van der Waals surface area contributed by atoms with E-state index < -0.39 is 136 Å². The topological polar surface area (TPSA) is 3.24 Å². The average Bonchev–Trinajstić information content (AvgIpc) is 3.62. The molecule has 1 nitrogen and oxygen atoms in total. The van der Waals surface area contributed by atoms with E-state index in [0.29, 0.717) is 21.6 Å². The normalized spacial score (nSPS) is 16.9. The predicted octanol–water partition coefficient (Wildman–Crippen LogP) is 15.3. The maximum absolute atomic E-state index is 9.73. The van der Waals surface area contributed by atoms with Crippen LogP contribution in [0, 0.1) is 0 Å². The van der Waals surface area contributed by atoms with Gasteiger partial charge in [-0.15, -0.1) is 0 Å². The molecule has 0 spiro atoms. The van der Waals surface area contributed by atoms with Crippen LogP contribution in [0.15, 0.2) is 212 Å². The SMILES string of the molecule is [2H]c1c([2H])c([2H])c(-c2c([2H])c([2H])c(N(c3c([2H])c([2H])c(-c4cccc(-c5ccc6ccccc6c5)c4)c([2H])c3[2H])c3c([2H])c([2H])c(-c4cccc5c4C(C)(C)c4ccccc4-5)c([2H])c3[2H])c([2H])c2[2H])c([2H])c1[2H]. The molecule has 0 bridgehead atoms. The Labute approximate surface area is 353 Å². The molecule has 1 aliphatic carbocycles. The third kappa shape index (κ3) is 5.90. The minimum absolute atomic E-state index is 0.103. The van der Waals surface area contributed by atoms with Gasteiger partial charge in [0.05, 0.1) is 23.3 Å². The van der Waals surface area contributed by atoms with Crippen LogP contribution in [0.4, 0.5) is 17.1 Å². The van der Waals surface area contributed by atoms with Crippen molar-refractivity contribution in [2.45, 2.75) is 19.3 Å². The highest BCUT2D eigenvalue weighted by atomic mass is 15.1. The number of hydrogen-bond donors (Lipinski definition) is 0. The van der Waals surface area contributed by atoms with E-state index in [2.05, 4.69) is 0 Å². The van der Waals surface area contributed by atoms with Crippen molar-refractivity contribution in [2.75, 3.05) is 4.90 Å². The van der Waals surface area contributed by atoms with Gasteiger partial charge in [-0.2, -0.15) is 0 Å². The summed E-state index contributed by atoms with van der Waals surface area (Å²) in [4.78, 5) is 0.697. The van der Waals surface area contributed by atoms with E-state index in [9.17, 15) is 16.4 Å². The molecule has 0 atom stereocenters. The molecule has 9 aromatic carbocycles. The van der Waals surface area contributed by atoms with Crippen LogP contribution in [0.3, 0.4) is 0 Å². The van der Waals surface area contributed by atoms with Gasteiger partial charge >= 0.3 is 0 Å². The molecule has 0 unspecified atom stereocenters. The van der Waals surface area contributed by atoms with Crippen molar-refractivity contribution in [3.63, 3.8) is 0 Å². The Morgan fingerprint density at radius 1 is 0.375 bits per heavy atom. The van der Waals surface area contributed by atoms with Crippen molar-refractivity contribution in [1.82, 2.24) is 0 Å². The van der Waals surface area contributed by atoms with Crippen molar-refractivity contribution in [2.24, 2.45) is 0 Å². The van der Waals surface area contributed by atoms with E-state index in [1.165, 1.54) is 0 Å². The monoisotopic (exact) mass is 732 g/mol. The number of nitrogens with zero attached hydrogens (tertiary/aromatic N) is 1. The maximum atomic E-state index is 9.73. The molecule has 0 N–H and O–H groups in total. The van der Waals surface area contributed by atoms with E-state index in [0.717, 1.165) is 38.6 Å². The average molecular weight is 733 g/mol. The molecule has 0 heterocycles. The lowest BCUT2D eigenvalue weighted by atomic mass is 9.79. The summed E-state index contributed by atoms with van der Waals surface area (Å²) in [6, 6.07) is 20.3. The minimum atomic E-state index is -0.979. The van der Waals surface area contributed by atoms with Crippen LogP contribution < -0.4 is 4.90 Å². The zero-order valence-electron chi connectivity index (χ0n) is 47.3. The Morgan fingerprint density at radius 2 is 0.875 bits per heavy atom. The lowest BCUT2D eigenvalue weighted by Crippen LogP contribution is -2.16. The fraction of sp³-hybridized carbons (Fsp3) is 0.0545. The molecule has 1 heteroatoms. The van der Waals surface area contributed by atoms with Gasteiger partial charge in [-0.05, 0) is 126 Å². The van der Waals surface area contributed by atoms with Crippen LogP contribution in [0.25, 0.3) is 66.4 Å². The number of rotatable bonds is 7. The van der Waals surface area contributed by atoms with Gasteiger partial charge in [0.15, 0.2) is 0 Å². The Bertz CT molecular complexity index is 3770. The molecule has 0 saturated heterocycles. The highest BCUT2D eigenvalue weighted by molar-refractivity contribution is 5.90. The number of fused-ring (bicyclic) bond motifs is 4. The third-order valence-electron chi connectivity index (χ3n) is 10.3. The molecule has 266 valence electrons. The van der Waals surface area contributed by atoms with Gasteiger partial charge in [0.1, 0.15) is 0 Å². The standard InChI is InChI=1S/C55H41N/c1-55(2)53-21-9-8-18-51(53)52-20-11-19-50(54(52)55)42-28-34-49(35-29-42)56(47-30-24-40(25-31-47)38-12-4-3-5-13-38)48-32-26-41(27-33-48)44-16-10-17-45(36-44)46-23-22-39-14-6-7-15-43(39)37-46/h3-37H,1-2H3/i3D,4D,5D,12D,13D,24D,25D,26D,27D,28D,29D,30D,31D,32D,33D,34D,35D. The summed E-state index contributed by atoms with van der Waals surface area (Å²) >= 11 is 0. The quantitative estimate of drug-likeness (QED) is 0.158. The summed E-state index contributed by atoms with van der Waals surface area (Å²) < 4.78 is 157. The van der Waals surface area contributed by atoms with E-state index in [-0.39, 0.29) is 11.1 Å². The lowest BCUT2D eigenvalue weighted by Gasteiger charge is -2.27. The van der Waals surface area contributed by atoms with E-state index in [1.807, 2.05) is 92.7 Å². The Kier molecular flexibility index (Phi) is 4.92. The molecule has 1 aliphatic rings. The van der Waals surface area contributed by atoms with Crippen molar-refractivity contribution >= 4 is 27.8 Å². The first kappa shape index (κ1) is 20.1. The minimum Gasteiger partial charge on any atom is -0.311 e. The number of hydrogen-bond acceptors (Lipinski definition) is 1. The van der Waals surface area contributed by atoms with Gasteiger partial charge in [-0.25, -0.2) is 0 Å². The summed E-state index contributed by atoms with van der Waals surface area (Å²) in [5.41, 5.74) is 1.17. The van der Waals surface area contributed by atoms with Crippen LogP contribution in [0.2, 0.25) is 0 Å². The molecule has 0 radical (unpaired) electrons. The summed E-state index contributed by atoms with van der Waals surface area (Å²) in [6.07, 6.45) is 0. The van der Waals surface area contributed by atoms with Crippen molar-refractivity contribution in [1.29, 1.82) is 0 Å². The van der Waals surface area contributed by atoms with Gasteiger partial charge in [0.25, 0.3) is 0 Å². The zero-order valence-corrected chi connectivity index (χ0v) is 30.3. The molecule has 0 fully saturated rings. The second-order valence-corrected chi connectivity index (χ2v) is 14.0. The smallest absolute Gasteiger partial charge is 0.0645 e. The summed E-state index contributed by atoms with van der Waals surface area (Å²) in [7, 11) is 0. The van der Waals surface area contributed by atoms with Crippen molar-refractivity contribution in [3.05, 3.63) is 223 Å². The zero-order chi connectivity index (χ0) is 52.4. The second kappa shape index (κ2) is 13.7. The van der Waals surface area contributed by atoms with Crippen LogP contribution in [0.1, 0.15) is 48.3 Å². The molecular formula is C55H41N. The largest absolute Gasteiger partial charge is 0.311 e. The van der Waals surface area contributed by atoms with E-state index in [1.54, 1.807) is 30.3 Å². The molecule has 0 aliphatic heterocycles. The number of benzene rings is 9. The maximum Gasteiger partial charge on any atom is 0.0645 e. The van der Waals surface area contributed by atoms with Crippen LogP contribution in [-0.2, 0) is 5.41 Å².